The van der Waals surface area contributed by atoms with Gasteiger partial charge in [-0.25, -0.2) is 25.9 Å². The van der Waals surface area contributed by atoms with E-state index in [9.17, 15) is 21.6 Å². The fraction of sp³-hybridized carbons (Fsp3) is 0.550. The number of nitrogens with zero attached hydrogens (tertiary/aromatic N) is 1. The average Bonchev–Trinajstić information content (AvgIpc) is 2.78. The zero-order valence-corrected chi connectivity index (χ0v) is 18.7. The molecule has 1 aromatic rings. The average molecular weight is 441 g/mol. The van der Waals surface area contributed by atoms with E-state index in [1.54, 1.807) is 20.8 Å². The van der Waals surface area contributed by atoms with E-state index < -0.39 is 31.4 Å². The molecule has 0 bridgehead atoms. The summed E-state index contributed by atoms with van der Waals surface area (Å²) >= 11 is 0. The molecule has 1 aliphatic heterocycles. The van der Waals surface area contributed by atoms with Gasteiger partial charge in [0.2, 0.25) is 26.0 Å². The summed E-state index contributed by atoms with van der Waals surface area (Å²) in [5.74, 6) is -0.776. The van der Waals surface area contributed by atoms with E-state index >= 15 is 0 Å². The van der Waals surface area contributed by atoms with Gasteiger partial charge in [0.25, 0.3) is 0 Å². The topological polar surface area (TPSA) is 101 Å². The fourth-order valence-corrected chi connectivity index (χ4v) is 7.23. The highest BCUT2D eigenvalue weighted by atomic mass is 32.2. The molecule has 1 aromatic carbocycles. The molecule has 0 spiro atoms. The molecular weight excluding hydrogens is 412 g/mol. The third kappa shape index (κ3) is 4.57. The Morgan fingerprint density at radius 2 is 1.93 bits per heavy atom. The summed E-state index contributed by atoms with van der Waals surface area (Å²) in [6, 6.07) is 4.18. The van der Waals surface area contributed by atoms with E-state index in [2.05, 4.69) is 10.8 Å². The number of nitrogens with one attached hydrogen (secondary N) is 1. The SMILES string of the molecule is Cc1cc(N2C(=O)C(C)(C)CS2(=O)=O)ccc1S(=O)(=O)NCCC1=CCCCC1. The number of hydrogen-bond acceptors (Lipinski definition) is 5. The third-order valence-corrected chi connectivity index (χ3v) is 9.03. The molecule has 9 heteroatoms. The van der Waals surface area contributed by atoms with Crippen LogP contribution in [0.1, 0.15) is 51.5 Å². The van der Waals surface area contributed by atoms with E-state index in [-0.39, 0.29) is 16.3 Å². The molecule has 0 unspecified atom stereocenters. The van der Waals surface area contributed by atoms with Gasteiger partial charge in [-0.1, -0.05) is 11.6 Å². The molecule has 0 radical (unpaired) electrons. The first-order valence-electron chi connectivity index (χ1n) is 9.80. The standard InChI is InChI=1S/C20H28N2O5S2/c1-15-13-17(22-19(23)20(2,3)14-28(22,24)25)9-10-18(15)29(26,27)21-12-11-16-7-5-4-6-8-16/h7,9-10,13,21H,4-6,8,11-12,14H2,1-3H3. The van der Waals surface area contributed by atoms with Gasteiger partial charge in [0.15, 0.2) is 0 Å². The lowest BCUT2D eigenvalue weighted by Crippen LogP contribution is -2.33. The van der Waals surface area contributed by atoms with Gasteiger partial charge in [0, 0.05) is 6.54 Å². The first-order valence-corrected chi connectivity index (χ1v) is 12.9. The van der Waals surface area contributed by atoms with E-state index in [0.717, 1.165) is 23.6 Å². The molecule has 3 rings (SSSR count). The Morgan fingerprint density at radius 3 is 2.48 bits per heavy atom. The number of allylic oxidation sites excluding steroid dienone is 1. The Labute approximate surface area is 173 Å². The number of anilines is 1. The van der Waals surface area contributed by atoms with Gasteiger partial charge in [-0.2, -0.15) is 0 Å². The molecule has 0 atom stereocenters. The van der Waals surface area contributed by atoms with Crippen molar-refractivity contribution in [2.24, 2.45) is 5.41 Å². The van der Waals surface area contributed by atoms with Crippen LogP contribution in [-0.4, -0.2) is 35.0 Å². The quantitative estimate of drug-likeness (QED) is 0.686. The summed E-state index contributed by atoms with van der Waals surface area (Å²) in [5, 5.41) is 0. The van der Waals surface area contributed by atoms with Crippen molar-refractivity contribution in [3.05, 3.63) is 35.4 Å². The summed E-state index contributed by atoms with van der Waals surface area (Å²) < 4.78 is 53.7. The number of sulfonamides is 2. The lowest BCUT2D eigenvalue weighted by molar-refractivity contribution is -0.123. The van der Waals surface area contributed by atoms with Crippen molar-refractivity contribution in [3.63, 3.8) is 0 Å². The second-order valence-corrected chi connectivity index (χ2v) is 12.0. The van der Waals surface area contributed by atoms with E-state index in [1.807, 2.05) is 0 Å². The van der Waals surface area contributed by atoms with Crippen LogP contribution in [0, 0.1) is 12.3 Å². The lowest BCUT2D eigenvalue weighted by atomic mass is 9.95. The molecule has 0 aromatic heterocycles. The molecule has 1 N–H and O–H groups in total. The van der Waals surface area contributed by atoms with Crippen molar-refractivity contribution in [1.82, 2.24) is 4.72 Å². The molecule has 2 aliphatic rings. The molecular formula is C20H28N2O5S2. The van der Waals surface area contributed by atoms with Gasteiger partial charge in [-0.15, -0.1) is 0 Å². The van der Waals surface area contributed by atoms with Crippen molar-refractivity contribution in [2.75, 3.05) is 16.6 Å². The Hall–Kier alpha value is -1.71. The number of carbonyl (C=O) groups is 1. The second-order valence-electron chi connectivity index (χ2n) is 8.42. The molecule has 1 amide bonds. The minimum absolute atomic E-state index is 0.0853. The normalized spacial score (nSPS) is 21.3. The maximum atomic E-state index is 12.7. The van der Waals surface area contributed by atoms with Gasteiger partial charge < -0.3 is 0 Å². The first kappa shape index (κ1) is 22.0. The van der Waals surface area contributed by atoms with Gasteiger partial charge in [0.05, 0.1) is 21.8 Å². The molecule has 160 valence electrons. The smallest absolute Gasteiger partial charge is 0.247 e. The minimum Gasteiger partial charge on any atom is -0.273 e. The van der Waals surface area contributed by atoms with Crippen LogP contribution in [0.4, 0.5) is 5.69 Å². The third-order valence-electron chi connectivity index (χ3n) is 5.39. The van der Waals surface area contributed by atoms with Crippen molar-refractivity contribution in [1.29, 1.82) is 0 Å². The molecule has 0 saturated carbocycles. The van der Waals surface area contributed by atoms with Gasteiger partial charge in [-0.05, 0) is 76.6 Å². The lowest BCUT2D eigenvalue weighted by Gasteiger charge is -2.19. The Balaban J connectivity index is 1.78. The number of benzene rings is 1. The molecule has 1 aliphatic carbocycles. The largest absolute Gasteiger partial charge is 0.273 e. The highest BCUT2D eigenvalue weighted by molar-refractivity contribution is 7.94. The number of carbonyl (C=O) groups excluding carboxylic acids is 1. The van der Waals surface area contributed by atoms with Gasteiger partial charge in [0.1, 0.15) is 0 Å². The Bertz CT molecular complexity index is 1060. The van der Waals surface area contributed by atoms with Crippen LogP contribution in [0.2, 0.25) is 0 Å². The number of hydrogen-bond donors (Lipinski definition) is 1. The second kappa shape index (κ2) is 7.85. The number of amides is 1. The van der Waals surface area contributed by atoms with Crippen LogP contribution in [0.5, 0.6) is 0 Å². The zero-order chi connectivity index (χ0) is 21.4. The summed E-state index contributed by atoms with van der Waals surface area (Å²) in [4.78, 5) is 12.6. The predicted molar refractivity (Wildman–Crippen MR) is 113 cm³/mol. The molecule has 1 saturated heterocycles. The first-order chi connectivity index (χ1) is 13.4. The van der Waals surface area contributed by atoms with Crippen molar-refractivity contribution < 1.29 is 21.6 Å². The molecule has 29 heavy (non-hydrogen) atoms. The van der Waals surface area contributed by atoms with Gasteiger partial charge >= 0.3 is 0 Å². The van der Waals surface area contributed by atoms with Crippen molar-refractivity contribution in [2.45, 2.75) is 57.8 Å². The maximum absolute atomic E-state index is 12.7. The summed E-state index contributed by atoms with van der Waals surface area (Å²) in [7, 11) is -7.50. The maximum Gasteiger partial charge on any atom is 0.247 e. The highest BCUT2D eigenvalue weighted by Crippen LogP contribution is 2.36. The van der Waals surface area contributed by atoms with E-state index in [0.29, 0.717) is 18.5 Å². The van der Waals surface area contributed by atoms with Crippen LogP contribution >= 0.6 is 0 Å². The zero-order valence-electron chi connectivity index (χ0n) is 17.1. The highest BCUT2D eigenvalue weighted by Gasteiger charge is 2.50. The predicted octanol–water partition coefficient (Wildman–Crippen LogP) is 2.87. The molecule has 1 fully saturated rings. The van der Waals surface area contributed by atoms with Crippen LogP contribution < -0.4 is 9.03 Å². The van der Waals surface area contributed by atoms with Crippen LogP contribution in [0.3, 0.4) is 0 Å². The van der Waals surface area contributed by atoms with Crippen LogP contribution in [0.25, 0.3) is 0 Å². The van der Waals surface area contributed by atoms with E-state index in [4.69, 9.17) is 0 Å². The fourth-order valence-electron chi connectivity index (χ4n) is 3.88. The number of aryl methyl sites for hydroxylation is 1. The Morgan fingerprint density at radius 1 is 1.21 bits per heavy atom. The van der Waals surface area contributed by atoms with E-state index in [1.165, 1.54) is 30.2 Å². The minimum atomic E-state index is -3.78. The van der Waals surface area contributed by atoms with Crippen LogP contribution in [-0.2, 0) is 24.8 Å². The van der Waals surface area contributed by atoms with Crippen molar-refractivity contribution in [3.8, 4) is 0 Å². The molecule has 1 heterocycles. The summed E-state index contributed by atoms with van der Waals surface area (Å²) in [6.45, 7) is 5.09. The van der Waals surface area contributed by atoms with Crippen LogP contribution in [0.15, 0.2) is 34.7 Å². The number of rotatable bonds is 6. The van der Waals surface area contributed by atoms with Gasteiger partial charge in [-0.3, -0.25) is 4.79 Å². The monoisotopic (exact) mass is 440 g/mol. The Kier molecular flexibility index (Phi) is 5.95. The summed E-state index contributed by atoms with van der Waals surface area (Å²) in [5.41, 5.74) is 0.836. The van der Waals surface area contributed by atoms with Crippen molar-refractivity contribution >= 4 is 31.6 Å². The summed E-state index contributed by atoms with van der Waals surface area (Å²) in [6.07, 6.45) is 7.28. The molecule has 7 nitrogen and oxygen atoms in total.